The predicted octanol–water partition coefficient (Wildman–Crippen LogP) is 4.52. The van der Waals surface area contributed by atoms with Crippen LogP contribution in [0.25, 0.3) is 11.0 Å². The van der Waals surface area contributed by atoms with Gasteiger partial charge in [0.15, 0.2) is 5.78 Å². The van der Waals surface area contributed by atoms with Crippen molar-refractivity contribution in [2.45, 2.75) is 26.3 Å². The molecule has 25 heavy (non-hydrogen) atoms. The second-order valence-corrected chi connectivity index (χ2v) is 6.39. The number of hydrogen-bond donors (Lipinski definition) is 0. The number of pyridine rings is 1. The Morgan fingerprint density at radius 3 is 2.76 bits per heavy atom. The van der Waals surface area contributed by atoms with Gasteiger partial charge >= 0.3 is 0 Å². The van der Waals surface area contributed by atoms with E-state index in [2.05, 4.69) is 16.5 Å². The maximum atomic E-state index is 12.7. The Labute approximate surface area is 152 Å². The molecule has 1 aromatic carbocycles. The summed E-state index contributed by atoms with van der Waals surface area (Å²) in [7, 11) is 1.54. The van der Waals surface area contributed by atoms with Crippen molar-refractivity contribution in [2.75, 3.05) is 13.7 Å². The fraction of sp³-hybridized carbons (Fsp3) is 0.300. The second kappa shape index (κ2) is 7.81. The van der Waals surface area contributed by atoms with Crippen LogP contribution in [0.15, 0.2) is 42.6 Å². The maximum Gasteiger partial charge on any atom is 0.190 e. The van der Waals surface area contributed by atoms with Crippen molar-refractivity contribution in [1.82, 2.24) is 9.55 Å². The predicted molar refractivity (Wildman–Crippen MR) is 100 cm³/mol. The van der Waals surface area contributed by atoms with E-state index in [1.165, 1.54) is 0 Å². The van der Waals surface area contributed by atoms with E-state index in [0.29, 0.717) is 11.6 Å². The summed E-state index contributed by atoms with van der Waals surface area (Å²) in [6.07, 6.45) is 3.49. The molecule has 0 amide bonds. The third-order valence-corrected chi connectivity index (χ3v) is 4.62. The molecule has 0 N–H and O–H groups in total. The fourth-order valence-electron chi connectivity index (χ4n) is 3.20. The summed E-state index contributed by atoms with van der Waals surface area (Å²) in [5.74, 6) is -0.0122. The first-order valence-electron chi connectivity index (χ1n) is 8.39. The molecule has 5 heteroatoms. The molecule has 0 atom stereocenters. The van der Waals surface area contributed by atoms with Crippen LogP contribution >= 0.6 is 11.6 Å². The number of halogens is 1. The number of hydrogen-bond acceptors (Lipinski definition) is 3. The fourth-order valence-corrected chi connectivity index (χ4v) is 3.40. The minimum atomic E-state index is -0.0122. The van der Waals surface area contributed by atoms with Crippen LogP contribution in [0.2, 0.25) is 5.02 Å². The molecule has 2 heterocycles. The molecule has 0 saturated heterocycles. The molecule has 4 nitrogen and oxygen atoms in total. The summed E-state index contributed by atoms with van der Waals surface area (Å²) < 4.78 is 7.20. The number of nitrogens with zero attached hydrogens (tertiary/aromatic N) is 2. The van der Waals surface area contributed by atoms with Gasteiger partial charge in [-0.05, 0) is 30.2 Å². The Hall–Kier alpha value is -2.17. The van der Waals surface area contributed by atoms with E-state index in [4.69, 9.17) is 16.3 Å². The van der Waals surface area contributed by atoms with Gasteiger partial charge in [0.1, 0.15) is 12.3 Å². The van der Waals surface area contributed by atoms with Crippen molar-refractivity contribution in [1.29, 1.82) is 0 Å². The topological polar surface area (TPSA) is 44.1 Å². The molecule has 0 bridgehead atoms. The Morgan fingerprint density at radius 2 is 2.04 bits per heavy atom. The van der Waals surface area contributed by atoms with Crippen molar-refractivity contribution in [2.24, 2.45) is 0 Å². The molecule has 0 aliphatic heterocycles. The lowest BCUT2D eigenvalue weighted by Crippen LogP contribution is -2.12. The number of carbonyl (C=O) groups is 1. The lowest BCUT2D eigenvalue weighted by Gasteiger charge is -2.12. The Balaban J connectivity index is 2.21. The average molecular weight is 357 g/mol. The smallest absolute Gasteiger partial charge is 0.190 e. The molecule has 0 aliphatic rings. The number of Topliss-reactive ketones (excluding diaryl/α,β-unsaturated/α-hetero) is 1. The highest BCUT2D eigenvalue weighted by Crippen LogP contribution is 2.29. The van der Waals surface area contributed by atoms with E-state index >= 15 is 0 Å². The minimum Gasteiger partial charge on any atom is -0.377 e. The van der Waals surface area contributed by atoms with Gasteiger partial charge in [0, 0.05) is 29.4 Å². The number of ketones is 1. The normalized spacial score (nSPS) is 11.2. The molecule has 0 aliphatic carbocycles. The lowest BCUT2D eigenvalue weighted by molar-refractivity contribution is 0.0848. The molecular formula is C20H21ClN2O2. The van der Waals surface area contributed by atoms with Crippen LogP contribution < -0.4 is 0 Å². The zero-order valence-electron chi connectivity index (χ0n) is 14.5. The largest absolute Gasteiger partial charge is 0.377 e. The number of fused-ring (bicyclic) bond motifs is 1. The first-order chi connectivity index (χ1) is 12.2. The quantitative estimate of drug-likeness (QED) is 0.584. The highest BCUT2D eigenvalue weighted by Gasteiger charge is 2.22. The highest BCUT2D eigenvalue weighted by molar-refractivity contribution is 6.31. The van der Waals surface area contributed by atoms with Crippen LogP contribution in [0.4, 0.5) is 0 Å². The third-order valence-electron chi connectivity index (χ3n) is 4.25. The first kappa shape index (κ1) is 17.6. The number of carbonyl (C=O) groups excluding carboxylic acids is 1. The van der Waals surface area contributed by atoms with Crippen LogP contribution in [0.3, 0.4) is 0 Å². The van der Waals surface area contributed by atoms with Crippen molar-refractivity contribution in [3.63, 3.8) is 0 Å². The van der Waals surface area contributed by atoms with E-state index in [1.807, 2.05) is 36.4 Å². The molecule has 0 fully saturated rings. The highest BCUT2D eigenvalue weighted by atomic mass is 35.5. The standard InChI is InChI=1S/C20H21ClN2O2/c1-3-7-17-19(18(24)13-25-2)15-9-6-11-22-20(15)23(17)12-14-8-4-5-10-16(14)21/h4-6,8-11H,3,7,12-13H2,1-2H3. The second-order valence-electron chi connectivity index (χ2n) is 5.98. The van der Waals surface area contributed by atoms with E-state index in [-0.39, 0.29) is 12.4 Å². The number of ether oxygens (including phenoxy) is 1. The molecule has 130 valence electrons. The van der Waals surface area contributed by atoms with E-state index < -0.39 is 0 Å². The molecular weight excluding hydrogens is 336 g/mol. The monoisotopic (exact) mass is 356 g/mol. The summed E-state index contributed by atoms with van der Waals surface area (Å²) in [5.41, 5.74) is 3.54. The van der Waals surface area contributed by atoms with Crippen LogP contribution in [0.1, 0.15) is 35.0 Å². The van der Waals surface area contributed by atoms with Gasteiger partial charge in [-0.25, -0.2) is 4.98 Å². The average Bonchev–Trinajstić information content (AvgIpc) is 2.91. The molecule has 0 spiro atoms. The Morgan fingerprint density at radius 1 is 1.24 bits per heavy atom. The van der Waals surface area contributed by atoms with Gasteiger partial charge in [0.25, 0.3) is 0 Å². The van der Waals surface area contributed by atoms with Gasteiger partial charge in [-0.3, -0.25) is 4.79 Å². The Bertz CT molecular complexity index is 902. The number of methoxy groups -OCH3 is 1. The molecule has 2 aromatic heterocycles. The molecule has 3 rings (SSSR count). The van der Waals surface area contributed by atoms with Crippen LogP contribution in [0.5, 0.6) is 0 Å². The van der Waals surface area contributed by atoms with E-state index in [0.717, 1.165) is 40.7 Å². The summed E-state index contributed by atoms with van der Waals surface area (Å²) in [6, 6.07) is 11.6. The van der Waals surface area contributed by atoms with Crippen molar-refractivity contribution >= 4 is 28.4 Å². The Kier molecular flexibility index (Phi) is 5.51. The number of benzene rings is 1. The van der Waals surface area contributed by atoms with Crippen LogP contribution in [-0.4, -0.2) is 29.1 Å². The summed E-state index contributed by atoms with van der Waals surface area (Å²) in [5, 5.41) is 1.59. The van der Waals surface area contributed by atoms with Gasteiger partial charge in [-0.1, -0.05) is 43.1 Å². The molecule has 0 unspecified atom stereocenters. The van der Waals surface area contributed by atoms with Gasteiger partial charge in [-0.2, -0.15) is 0 Å². The molecule has 3 aromatic rings. The van der Waals surface area contributed by atoms with Gasteiger partial charge in [-0.15, -0.1) is 0 Å². The number of rotatable bonds is 7. The van der Waals surface area contributed by atoms with E-state index in [9.17, 15) is 4.79 Å². The summed E-state index contributed by atoms with van der Waals surface area (Å²) in [4.78, 5) is 17.2. The number of aromatic nitrogens is 2. The lowest BCUT2D eigenvalue weighted by atomic mass is 10.1. The van der Waals surface area contributed by atoms with Crippen LogP contribution in [0, 0.1) is 0 Å². The van der Waals surface area contributed by atoms with Gasteiger partial charge < -0.3 is 9.30 Å². The maximum absolute atomic E-state index is 12.7. The first-order valence-corrected chi connectivity index (χ1v) is 8.76. The molecule has 0 saturated carbocycles. The van der Waals surface area contributed by atoms with Crippen molar-refractivity contribution < 1.29 is 9.53 Å². The van der Waals surface area contributed by atoms with Crippen molar-refractivity contribution in [3.8, 4) is 0 Å². The summed E-state index contributed by atoms with van der Waals surface area (Å²) >= 11 is 6.35. The van der Waals surface area contributed by atoms with Crippen molar-refractivity contribution in [3.05, 3.63) is 64.4 Å². The SMILES string of the molecule is CCCc1c(C(=O)COC)c2cccnc2n1Cc1ccccc1Cl. The minimum absolute atomic E-state index is 0.0122. The summed E-state index contributed by atoms with van der Waals surface area (Å²) in [6.45, 7) is 2.76. The van der Waals surface area contributed by atoms with Gasteiger partial charge in [0.05, 0.1) is 12.1 Å². The molecule has 0 radical (unpaired) electrons. The zero-order valence-corrected chi connectivity index (χ0v) is 15.2. The third kappa shape index (κ3) is 3.46. The van der Waals surface area contributed by atoms with Gasteiger partial charge in [0.2, 0.25) is 0 Å². The van der Waals surface area contributed by atoms with Crippen LogP contribution in [-0.2, 0) is 17.7 Å². The zero-order chi connectivity index (χ0) is 17.8. The van der Waals surface area contributed by atoms with E-state index in [1.54, 1.807) is 13.3 Å².